The maximum absolute atomic E-state index is 13.1. The highest BCUT2D eigenvalue weighted by atomic mass is 35.5. The minimum absolute atomic E-state index is 0. The van der Waals surface area contributed by atoms with E-state index in [0.29, 0.717) is 6.54 Å². The lowest BCUT2D eigenvalue weighted by molar-refractivity contribution is -0.130. The van der Waals surface area contributed by atoms with Gasteiger partial charge in [-0.3, -0.25) is 4.79 Å². The van der Waals surface area contributed by atoms with Gasteiger partial charge in [0.15, 0.2) is 0 Å². The molecule has 5 heteroatoms. The molecule has 19 heavy (non-hydrogen) atoms. The van der Waals surface area contributed by atoms with Crippen LogP contribution in [0.15, 0.2) is 24.3 Å². The molecule has 1 aromatic carbocycles. The van der Waals surface area contributed by atoms with Crippen LogP contribution in [-0.2, 0) is 11.2 Å². The van der Waals surface area contributed by atoms with Crippen LogP contribution in [-0.4, -0.2) is 37.0 Å². The molecule has 1 aliphatic rings. The third-order valence-corrected chi connectivity index (χ3v) is 3.39. The molecule has 0 bridgehead atoms. The van der Waals surface area contributed by atoms with E-state index in [0.717, 1.165) is 31.4 Å². The Morgan fingerprint density at radius 3 is 3.00 bits per heavy atom. The van der Waals surface area contributed by atoms with E-state index in [2.05, 4.69) is 5.32 Å². The molecule has 2 rings (SSSR count). The first-order chi connectivity index (χ1) is 8.70. The third-order valence-electron chi connectivity index (χ3n) is 3.39. The number of hydrogen-bond donors (Lipinski definition) is 1. The highest BCUT2D eigenvalue weighted by molar-refractivity contribution is 5.85. The zero-order valence-corrected chi connectivity index (χ0v) is 11.9. The van der Waals surface area contributed by atoms with Crippen LogP contribution in [0.2, 0.25) is 0 Å². The SMILES string of the molecule is CNCC(=O)N1CCCC1Cc1cccc(F)c1.Cl. The Bertz CT molecular complexity index is 428. The van der Waals surface area contributed by atoms with Gasteiger partial charge in [0.05, 0.1) is 6.54 Å². The molecule has 106 valence electrons. The summed E-state index contributed by atoms with van der Waals surface area (Å²) in [6.45, 7) is 1.19. The Balaban J connectivity index is 0.00000180. The van der Waals surface area contributed by atoms with Crippen LogP contribution >= 0.6 is 12.4 Å². The summed E-state index contributed by atoms with van der Waals surface area (Å²) >= 11 is 0. The zero-order valence-electron chi connectivity index (χ0n) is 11.1. The van der Waals surface area contributed by atoms with Crippen LogP contribution in [0.4, 0.5) is 4.39 Å². The molecule has 0 aromatic heterocycles. The van der Waals surface area contributed by atoms with Crippen molar-refractivity contribution in [3.63, 3.8) is 0 Å². The van der Waals surface area contributed by atoms with Crippen LogP contribution in [0.5, 0.6) is 0 Å². The van der Waals surface area contributed by atoms with Gasteiger partial charge < -0.3 is 10.2 Å². The monoisotopic (exact) mass is 286 g/mol. The number of nitrogens with zero attached hydrogens (tertiary/aromatic N) is 1. The number of carbonyl (C=O) groups excluding carboxylic acids is 1. The smallest absolute Gasteiger partial charge is 0.236 e. The molecule has 1 heterocycles. The lowest BCUT2D eigenvalue weighted by Crippen LogP contribution is -2.41. The summed E-state index contributed by atoms with van der Waals surface area (Å²) < 4.78 is 13.1. The Labute approximate surface area is 119 Å². The topological polar surface area (TPSA) is 32.3 Å². The highest BCUT2D eigenvalue weighted by Crippen LogP contribution is 2.21. The molecular formula is C14H20ClFN2O. The second-order valence-corrected chi connectivity index (χ2v) is 4.75. The molecule has 1 saturated heterocycles. The summed E-state index contributed by atoms with van der Waals surface area (Å²) in [5.74, 6) is -0.0741. The molecule has 0 aliphatic carbocycles. The summed E-state index contributed by atoms with van der Waals surface area (Å²) in [5, 5.41) is 2.89. The first-order valence-corrected chi connectivity index (χ1v) is 6.39. The van der Waals surface area contributed by atoms with Crippen LogP contribution in [0.3, 0.4) is 0 Å². The number of halogens is 2. The molecule has 1 atom stereocenters. The minimum atomic E-state index is -0.210. The second kappa shape index (κ2) is 7.46. The molecule has 1 amide bonds. The fraction of sp³-hybridized carbons (Fsp3) is 0.500. The van der Waals surface area contributed by atoms with Gasteiger partial charge in [0, 0.05) is 12.6 Å². The van der Waals surface area contributed by atoms with Crippen LogP contribution in [0.1, 0.15) is 18.4 Å². The number of rotatable bonds is 4. The van der Waals surface area contributed by atoms with Gasteiger partial charge in [-0.1, -0.05) is 12.1 Å². The molecule has 1 aliphatic heterocycles. The summed E-state index contributed by atoms with van der Waals surface area (Å²) in [6, 6.07) is 6.86. The number of hydrogen-bond acceptors (Lipinski definition) is 2. The number of likely N-dealkylation sites (N-methyl/N-ethyl adjacent to an activating group) is 1. The predicted molar refractivity (Wildman–Crippen MR) is 76.0 cm³/mol. The fourth-order valence-electron chi connectivity index (χ4n) is 2.57. The van der Waals surface area contributed by atoms with E-state index in [-0.39, 0.29) is 30.2 Å². The molecule has 0 saturated carbocycles. The maximum Gasteiger partial charge on any atom is 0.236 e. The third kappa shape index (κ3) is 4.18. The van der Waals surface area contributed by atoms with E-state index in [1.807, 2.05) is 11.0 Å². The van der Waals surface area contributed by atoms with Gasteiger partial charge >= 0.3 is 0 Å². The van der Waals surface area contributed by atoms with Crippen molar-refractivity contribution in [3.05, 3.63) is 35.6 Å². The minimum Gasteiger partial charge on any atom is -0.338 e. The van der Waals surface area contributed by atoms with E-state index in [9.17, 15) is 9.18 Å². The molecule has 1 fully saturated rings. The summed E-state index contributed by atoms with van der Waals surface area (Å²) in [6.07, 6.45) is 2.79. The molecule has 1 aromatic rings. The summed E-state index contributed by atoms with van der Waals surface area (Å²) in [4.78, 5) is 13.8. The first-order valence-electron chi connectivity index (χ1n) is 6.39. The van der Waals surface area contributed by atoms with Gasteiger partial charge in [-0.15, -0.1) is 12.4 Å². The van der Waals surface area contributed by atoms with Crippen molar-refractivity contribution in [3.8, 4) is 0 Å². The van der Waals surface area contributed by atoms with E-state index in [1.54, 1.807) is 19.2 Å². The van der Waals surface area contributed by atoms with Crippen LogP contribution < -0.4 is 5.32 Å². The van der Waals surface area contributed by atoms with Crippen molar-refractivity contribution >= 4 is 18.3 Å². The van der Waals surface area contributed by atoms with Gasteiger partial charge in [0.2, 0.25) is 5.91 Å². The molecule has 0 spiro atoms. The van der Waals surface area contributed by atoms with E-state index in [1.165, 1.54) is 6.07 Å². The zero-order chi connectivity index (χ0) is 13.0. The van der Waals surface area contributed by atoms with Crippen LogP contribution in [0.25, 0.3) is 0 Å². The maximum atomic E-state index is 13.1. The largest absolute Gasteiger partial charge is 0.338 e. The fourth-order valence-corrected chi connectivity index (χ4v) is 2.57. The molecule has 3 nitrogen and oxygen atoms in total. The van der Waals surface area contributed by atoms with Crippen LogP contribution in [0, 0.1) is 5.82 Å². The van der Waals surface area contributed by atoms with Gasteiger partial charge in [0.25, 0.3) is 0 Å². The quantitative estimate of drug-likeness (QED) is 0.918. The van der Waals surface area contributed by atoms with Gasteiger partial charge in [-0.05, 0) is 44.0 Å². The van der Waals surface area contributed by atoms with Gasteiger partial charge in [-0.2, -0.15) is 0 Å². The number of carbonyl (C=O) groups is 1. The average molecular weight is 287 g/mol. The predicted octanol–water partition coefficient (Wildman–Crippen LogP) is 2.00. The van der Waals surface area contributed by atoms with Crippen molar-refractivity contribution < 1.29 is 9.18 Å². The summed E-state index contributed by atoms with van der Waals surface area (Å²) in [7, 11) is 1.77. The van der Waals surface area contributed by atoms with Crippen molar-refractivity contribution in [2.75, 3.05) is 20.1 Å². The van der Waals surface area contributed by atoms with Crippen molar-refractivity contribution in [2.45, 2.75) is 25.3 Å². The normalized spacial score (nSPS) is 18.2. The lowest BCUT2D eigenvalue weighted by atomic mass is 10.0. The Hall–Kier alpha value is -1.13. The number of amides is 1. The van der Waals surface area contributed by atoms with Gasteiger partial charge in [-0.25, -0.2) is 4.39 Å². The molecule has 0 radical (unpaired) electrons. The van der Waals surface area contributed by atoms with E-state index >= 15 is 0 Å². The molecular weight excluding hydrogens is 267 g/mol. The summed E-state index contributed by atoms with van der Waals surface area (Å²) in [5.41, 5.74) is 0.962. The molecule has 1 unspecified atom stereocenters. The van der Waals surface area contributed by atoms with Crippen molar-refractivity contribution in [2.24, 2.45) is 0 Å². The number of nitrogens with one attached hydrogen (secondary N) is 1. The average Bonchev–Trinajstić information content (AvgIpc) is 2.77. The lowest BCUT2D eigenvalue weighted by Gasteiger charge is -2.24. The van der Waals surface area contributed by atoms with E-state index in [4.69, 9.17) is 0 Å². The number of likely N-dealkylation sites (tertiary alicyclic amines) is 1. The van der Waals surface area contributed by atoms with Crippen molar-refractivity contribution in [1.29, 1.82) is 0 Å². The Morgan fingerprint density at radius 1 is 1.53 bits per heavy atom. The van der Waals surface area contributed by atoms with Gasteiger partial charge in [0.1, 0.15) is 5.82 Å². The highest BCUT2D eigenvalue weighted by Gasteiger charge is 2.28. The Kier molecular flexibility index (Phi) is 6.25. The van der Waals surface area contributed by atoms with Crippen molar-refractivity contribution in [1.82, 2.24) is 10.2 Å². The first kappa shape index (κ1) is 15.9. The van der Waals surface area contributed by atoms with E-state index < -0.39 is 0 Å². The number of benzene rings is 1. The Morgan fingerprint density at radius 2 is 2.32 bits per heavy atom. The molecule has 1 N–H and O–H groups in total. The second-order valence-electron chi connectivity index (χ2n) is 4.75. The standard InChI is InChI=1S/C14H19FN2O.ClH/c1-16-10-14(18)17-7-3-6-13(17)9-11-4-2-5-12(15)8-11;/h2,4-5,8,13,16H,3,6-7,9-10H2,1H3;1H.